The van der Waals surface area contributed by atoms with Crippen LogP contribution in [0.1, 0.15) is 67.2 Å². The van der Waals surface area contributed by atoms with Gasteiger partial charge in [-0.25, -0.2) is 0 Å². The molecular weight excluding hydrogens is 347 g/mol. The Morgan fingerprint density at radius 2 is 1.23 bits per heavy atom. The summed E-state index contributed by atoms with van der Waals surface area (Å²) in [6.07, 6.45) is 9.81. The fourth-order valence-corrected chi connectivity index (χ4v) is 9.28. The third-order valence-corrected chi connectivity index (χ3v) is 9.74. The molecule has 0 radical (unpaired) electrons. The van der Waals surface area contributed by atoms with E-state index < -0.39 is 17.4 Å². The first-order valence-corrected chi connectivity index (χ1v) is 10.3. The molecule has 3 heteroatoms. The Bertz CT molecular complexity index is 537. The van der Waals surface area contributed by atoms with E-state index in [4.69, 9.17) is 0 Å². The average Bonchev–Trinajstić information content (AvgIpc) is 2.94. The summed E-state index contributed by atoms with van der Waals surface area (Å²) in [5.41, 5.74) is 6.48. The van der Waals surface area contributed by atoms with Crippen LogP contribution in [0.3, 0.4) is 0 Å². The Balaban J connectivity index is 0.00000220. The third-order valence-electron chi connectivity index (χ3n) is 4.72. The molecule has 0 heterocycles. The van der Waals surface area contributed by atoms with Crippen molar-refractivity contribution in [1.82, 2.24) is 0 Å². The van der Waals surface area contributed by atoms with Gasteiger partial charge in [0, 0.05) is 0 Å². The molecule has 22 heavy (non-hydrogen) atoms. The van der Waals surface area contributed by atoms with Crippen LogP contribution in [0, 0.1) is 0 Å². The Morgan fingerprint density at radius 1 is 0.864 bits per heavy atom. The van der Waals surface area contributed by atoms with Gasteiger partial charge in [0.25, 0.3) is 0 Å². The van der Waals surface area contributed by atoms with Crippen LogP contribution >= 0.6 is 24.8 Å². The second-order valence-electron chi connectivity index (χ2n) is 6.18. The molecule has 0 saturated carbocycles. The number of allylic oxidation sites excluding steroid dienone is 8. The van der Waals surface area contributed by atoms with Crippen LogP contribution in [0.5, 0.6) is 0 Å². The minimum absolute atomic E-state index is 0. The fraction of sp³-hybridized carbons (Fsp3) is 0.526. The number of hydrogen-bond acceptors (Lipinski definition) is 0. The van der Waals surface area contributed by atoms with Gasteiger partial charge in [-0.2, -0.15) is 0 Å². The minimum atomic E-state index is -1.40. The monoisotopic (exact) mass is 376 g/mol. The Morgan fingerprint density at radius 3 is 1.50 bits per heavy atom. The van der Waals surface area contributed by atoms with E-state index in [-0.39, 0.29) is 24.8 Å². The van der Waals surface area contributed by atoms with Crippen LogP contribution in [0.25, 0.3) is 0 Å². The Hall–Kier alpha value is 0.124. The van der Waals surface area contributed by atoms with Gasteiger partial charge in [-0.3, -0.25) is 0 Å². The van der Waals surface area contributed by atoms with Crippen molar-refractivity contribution < 1.29 is 17.4 Å². The zero-order valence-corrected chi connectivity index (χ0v) is 18.0. The van der Waals surface area contributed by atoms with Crippen LogP contribution in [-0.4, -0.2) is 3.81 Å². The maximum atomic E-state index is 2.46. The van der Waals surface area contributed by atoms with Crippen molar-refractivity contribution in [1.29, 1.82) is 0 Å². The van der Waals surface area contributed by atoms with Gasteiger partial charge in [-0.1, -0.05) is 0 Å². The molecule has 2 aliphatic rings. The first-order chi connectivity index (χ1) is 9.51. The van der Waals surface area contributed by atoms with Crippen molar-refractivity contribution in [3.63, 3.8) is 0 Å². The minimum Gasteiger partial charge on any atom is -0.147 e. The summed E-state index contributed by atoms with van der Waals surface area (Å²) in [7, 11) is 0. The molecule has 2 aliphatic carbocycles. The van der Waals surface area contributed by atoms with E-state index in [2.05, 4.69) is 53.7 Å². The molecule has 0 fully saturated rings. The maximum absolute atomic E-state index is 2.46. The summed E-state index contributed by atoms with van der Waals surface area (Å²) in [6, 6.07) is 0. The smallest absolute Gasteiger partial charge is 0.147 e. The van der Waals surface area contributed by atoms with E-state index in [1.807, 2.05) is 7.76 Å². The van der Waals surface area contributed by atoms with Crippen molar-refractivity contribution in [2.45, 2.75) is 67.2 Å². The summed E-state index contributed by atoms with van der Waals surface area (Å²) in [4.78, 5) is 0. The molecule has 0 atom stereocenters. The van der Waals surface area contributed by atoms with Gasteiger partial charge in [-0.15, -0.1) is 24.8 Å². The zero-order chi connectivity index (χ0) is 14.9. The summed E-state index contributed by atoms with van der Waals surface area (Å²) in [5.74, 6) is 0. The Labute approximate surface area is 155 Å². The molecule has 0 bridgehead atoms. The van der Waals surface area contributed by atoms with E-state index in [0.717, 1.165) is 0 Å². The van der Waals surface area contributed by atoms with Crippen molar-refractivity contribution in [3.05, 3.63) is 42.2 Å². The van der Waals surface area contributed by atoms with Crippen LogP contribution in [0.15, 0.2) is 42.2 Å². The van der Waals surface area contributed by atoms with E-state index in [0.29, 0.717) is 0 Å². The quantitative estimate of drug-likeness (QED) is 0.479. The number of halogens is 2. The molecule has 0 aromatic rings. The van der Waals surface area contributed by atoms with Crippen molar-refractivity contribution in [2.75, 3.05) is 0 Å². The predicted octanol–water partition coefficient (Wildman–Crippen LogP) is 6.69. The summed E-state index contributed by atoms with van der Waals surface area (Å²) >= 11 is -1.40. The molecule has 0 spiro atoms. The first kappa shape index (κ1) is 22.1. The van der Waals surface area contributed by atoms with Crippen LogP contribution < -0.4 is 0 Å². The van der Waals surface area contributed by atoms with Gasteiger partial charge in [0.05, 0.1) is 0 Å². The summed E-state index contributed by atoms with van der Waals surface area (Å²) in [5, 5.41) is 0. The molecule has 0 nitrogen and oxygen atoms in total. The van der Waals surface area contributed by atoms with Gasteiger partial charge >= 0.3 is 131 Å². The van der Waals surface area contributed by atoms with Crippen molar-refractivity contribution in [2.24, 2.45) is 0 Å². The molecule has 0 unspecified atom stereocenters. The fourth-order valence-electron chi connectivity index (χ4n) is 3.76. The summed E-state index contributed by atoms with van der Waals surface area (Å²) in [6.45, 7) is 14.0. The molecule has 0 aromatic heterocycles. The molecule has 0 saturated heterocycles. The van der Waals surface area contributed by atoms with Gasteiger partial charge in [0.1, 0.15) is 0 Å². The third kappa shape index (κ3) is 4.15. The van der Waals surface area contributed by atoms with Gasteiger partial charge in [0.2, 0.25) is 0 Å². The average molecular weight is 377 g/mol. The maximum Gasteiger partial charge on any atom is -0.147 e. The van der Waals surface area contributed by atoms with Crippen molar-refractivity contribution in [3.8, 4) is 0 Å². The van der Waals surface area contributed by atoms with E-state index in [9.17, 15) is 0 Å². The van der Waals surface area contributed by atoms with E-state index in [1.54, 1.807) is 26.1 Å². The SMILES string of the molecule is CCC1=[C]([Ti]([C]2=C(CC)C(C)=CC2)=[C](C)C)CC=C1C.Cl.Cl. The molecular formula is C19H30Cl2Ti. The van der Waals surface area contributed by atoms with Gasteiger partial charge in [0.15, 0.2) is 0 Å². The van der Waals surface area contributed by atoms with E-state index in [1.165, 1.54) is 25.7 Å². The van der Waals surface area contributed by atoms with Gasteiger partial charge < -0.3 is 0 Å². The molecule has 0 aromatic carbocycles. The van der Waals surface area contributed by atoms with Crippen LogP contribution in [-0.2, 0) is 17.4 Å². The van der Waals surface area contributed by atoms with Crippen LogP contribution in [0.2, 0.25) is 0 Å². The summed E-state index contributed by atoms with van der Waals surface area (Å²) < 4.78 is 5.40. The zero-order valence-electron chi connectivity index (χ0n) is 14.8. The second-order valence-corrected chi connectivity index (χ2v) is 10.8. The second kappa shape index (κ2) is 9.43. The Kier molecular flexibility index (Phi) is 9.48. The van der Waals surface area contributed by atoms with Crippen LogP contribution in [0.4, 0.5) is 0 Å². The molecule has 2 rings (SSSR count). The van der Waals surface area contributed by atoms with E-state index >= 15 is 0 Å². The topological polar surface area (TPSA) is 0 Å². The molecule has 0 N–H and O–H groups in total. The largest absolute Gasteiger partial charge is 0.147 e. The predicted molar refractivity (Wildman–Crippen MR) is 102 cm³/mol. The normalized spacial score (nSPS) is 17.0. The van der Waals surface area contributed by atoms with Gasteiger partial charge in [-0.05, 0) is 0 Å². The number of hydrogen-bond donors (Lipinski definition) is 0. The molecule has 0 aliphatic heterocycles. The van der Waals surface area contributed by atoms with Crippen molar-refractivity contribution >= 4 is 28.6 Å². The number of rotatable bonds is 4. The first-order valence-electron chi connectivity index (χ1n) is 7.97. The molecule has 0 amide bonds. The standard InChI is InChI=1S/2C8H11.C3H6.2ClH.Ti/c2*1-3-8-6-4-5-7(8)2;1-3-2;;;/h2*5H,3-4H2,1-2H3;1-2H3;2*1H;. The molecule has 124 valence electrons.